The third-order valence-electron chi connectivity index (χ3n) is 2.79. The minimum Gasteiger partial charge on any atom is -0.465 e. The van der Waals surface area contributed by atoms with Crippen LogP contribution in [0.3, 0.4) is 0 Å². The van der Waals surface area contributed by atoms with Gasteiger partial charge in [0.25, 0.3) is 0 Å². The highest BCUT2D eigenvalue weighted by atomic mass is 16.5. The highest BCUT2D eigenvalue weighted by molar-refractivity contribution is 5.90. The van der Waals surface area contributed by atoms with Gasteiger partial charge in [-0.3, -0.25) is 4.90 Å². The number of hydrogen-bond donors (Lipinski definition) is 0. The normalized spacial score (nSPS) is 11.1. The quantitative estimate of drug-likeness (QED) is 0.709. The molecule has 106 valence electrons. The first-order valence-electron chi connectivity index (χ1n) is 6.51. The second-order valence-electron chi connectivity index (χ2n) is 4.81. The monoisotopic (exact) mass is 265 g/mol. The Balaban J connectivity index is 2.58. The highest BCUT2D eigenvalue weighted by Gasteiger charge is 2.12. The van der Waals surface area contributed by atoms with Crippen molar-refractivity contribution in [3.63, 3.8) is 0 Å². The van der Waals surface area contributed by atoms with Crippen LogP contribution < -0.4 is 0 Å². The fraction of sp³-hybridized carbons (Fsp3) is 0.533. The maximum Gasteiger partial charge on any atom is 0.338 e. The summed E-state index contributed by atoms with van der Waals surface area (Å²) in [6.45, 7) is 6.26. The number of rotatable bonds is 7. The van der Waals surface area contributed by atoms with Crippen LogP contribution in [-0.4, -0.2) is 44.3 Å². The molecule has 4 nitrogen and oxygen atoms in total. The molecule has 0 aliphatic heterocycles. The van der Waals surface area contributed by atoms with Gasteiger partial charge in [-0.1, -0.05) is 18.2 Å². The Morgan fingerprint density at radius 3 is 2.63 bits per heavy atom. The first kappa shape index (κ1) is 15.7. The van der Waals surface area contributed by atoms with E-state index < -0.39 is 0 Å². The summed E-state index contributed by atoms with van der Waals surface area (Å²) in [7, 11) is 3.41. The van der Waals surface area contributed by atoms with Crippen molar-refractivity contribution in [1.29, 1.82) is 0 Å². The van der Waals surface area contributed by atoms with E-state index in [0.29, 0.717) is 18.7 Å². The summed E-state index contributed by atoms with van der Waals surface area (Å²) >= 11 is 0. The lowest BCUT2D eigenvalue weighted by molar-refractivity contribution is 0.0592. The second kappa shape index (κ2) is 7.92. The molecule has 0 spiro atoms. The van der Waals surface area contributed by atoms with E-state index in [2.05, 4.69) is 4.90 Å². The van der Waals surface area contributed by atoms with Crippen molar-refractivity contribution >= 4 is 5.97 Å². The van der Waals surface area contributed by atoms with Gasteiger partial charge in [-0.2, -0.15) is 0 Å². The number of esters is 1. The number of nitrogens with zero attached hydrogens (tertiary/aromatic N) is 1. The van der Waals surface area contributed by atoms with Gasteiger partial charge in [0.1, 0.15) is 0 Å². The molecule has 0 aromatic heterocycles. The summed E-state index contributed by atoms with van der Waals surface area (Å²) in [6, 6.07) is 7.52. The van der Waals surface area contributed by atoms with Crippen LogP contribution >= 0.6 is 0 Å². The van der Waals surface area contributed by atoms with Crippen molar-refractivity contribution in [1.82, 2.24) is 4.90 Å². The van der Waals surface area contributed by atoms with Crippen molar-refractivity contribution in [2.24, 2.45) is 0 Å². The van der Waals surface area contributed by atoms with E-state index in [1.807, 2.05) is 39.1 Å². The number of hydrogen-bond acceptors (Lipinski definition) is 4. The minimum absolute atomic E-state index is 0.246. The molecule has 0 aliphatic carbocycles. The van der Waals surface area contributed by atoms with Crippen LogP contribution in [0.1, 0.15) is 29.8 Å². The molecule has 0 N–H and O–H groups in total. The maximum atomic E-state index is 11.7. The topological polar surface area (TPSA) is 38.8 Å². The first-order valence-corrected chi connectivity index (χ1v) is 6.51. The Morgan fingerprint density at radius 2 is 2.00 bits per heavy atom. The van der Waals surface area contributed by atoms with Gasteiger partial charge in [0.2, 0.25) is 0 Å². The minimum atomic E-state index is -0.289. The molecule has 1 rings (SSSR count). The summed E-state index contributed by atoms with van der Waals surface area (Å²) in [5, 5.41) is 0. The van der Waals surface area contributed by atoms with Gasteiger partial charge in [0, 0.05) is 13.1 Å². The van der Waals surface area contributed by atoms with Gasteiger partial charge in [-0.15, -0.1) is 0 Å². The van der Waals surface area contributed by atoms with Crippen molar-refractivity contribution in [2.45, 2.75) is 26.5 Å². The molecule has 0 aliphatic rings. The van der Waals surface area contributed by atoms with Crippen LogP contribution in [-0.2, 0) is 16.0 Å². The van der Waals surface area contributed by atoms with Crippen molar-refractivity contribution in [3.8, 4) is 0 Å². The van der Waals surface area contributed by atoms with E-state index in [0.717, 1.165) is 12.1 Å². The second-order valence-corrected chi connectivity index (χ2v) is 4.81. The Hall–Kier alpha value is -1.39. The van der Waals surface area contributed by atoms with Crippen molar-refractivity contribution in [3.05, 3.63) is 35.4 Å². The molecule has 4 heteroatoms. The van der Waals surface area contributed by atoms with E-state index in [4.69, 9.17) is 9.47 Å². The molecule has 0 radical (unpaired) electrons. The Kier molecular flexibility index (Phi) is 6.53. The van der Waals surface area contributed by atoms with E-state index in [-0.39, 0.29) is 12.1 Å². The van der Waals surface area contributed by atoms with Crippen LogP contribution in [0.5, 0.6) is 0 Å². The molecule has 0 unspecified atom stereocenters. The summed E-state index contributed by atoms with van der Waals surface area (Å²) in [5.74, 6) is -0.289. The molecule has 0 saturated heterocycles. The SMILES string of the molecule is COC(=O)c1ccccc1CN(C)CCOC(C)C. The zero-order valence-electron chi connectivity index (χ0n) is 12.2. The van der Waals surface area contributed by atoms with Gasteiger partial charge < -0.3 is 9.47 Å². The fourth-order valence-electron chi connectivity index (χ4n) is 1.78. The average molecular weight is 265 g/mol. The molecule has 0 saturated carbocycles. The standard InChI is InChI=1S/C15H23NO3/c1-12(2)19-10-9-16(3)11-13-7-5-6-8-14(13)15(17)18-4/h5-8,12H,9-11H2,1-4H3. The Labute approximate surface area is 115 Å². The molecular weight excluding hydrogens is 242 g/mol. The summed E-state index contributed by atoms with van der Waals surface area (Å²) in [6.07, 6.45) is 0.246. The molecular formula is C15H23NO3. The molecule has 0 bridgehead atoms. The lowest BCUT2D eigenvalue weighted by atomic mass is 10.1. The van der Waals surface area contributed by atoms with Crippen molar-refractivity contribution in [2.75, 3.05) is 27.3 Å². The van der Waals surface area contributed by atoms with Crippen LogP contribution in [0.2, 0.25) is 0 Å². The number of likely N-dealkylation sites (N-methyl/N-ethyl adjacent to an activating group) is 1. The maximum absolute atomic E-state index is 11.7. The lowest BCUT2D eigenvalue weighted by Crippen LogP contribution is -2.25. The largest absolute Gasteiger partial charge is 0.465 e. The number of methoxy groups -OCH3 is 1. The zero-order chi connectivity index (χ0) is 14.3. The van der Waals surface area contributed by atoms with Gasteiger partial charge in [-0.25, -0.2) is 4.79 Å². The molecule has 0 fully saturated rings. The predicted octanol–water partition coefficient (Wildman–Crippen LogP) is 2.33. The fourth-order valence-corrected chi connectivity index (χ4v) is 1.78. The van der Waals surface area contributed by atoms with E-state index in [1.54, 1.807) is 6.07 Å². The Bertz CT molecular complexity index is 404. The molecule has 0 atom stereocenters. The number of carbonyl (C=O) groups is 1. The van der Waals surface area contributed by atoms with Gasteiger partial charge >= 0.3 is 5.97 Å². The Morgan fingerprint density at radius 1 is 1.32 bits per heavy atom. The lowest BCUT2D eigenvalue weighted by Gasteiger charge is -2.19. The zero-order valence-corrected chi connectivity index (χ0v) is 12.2. The van der Waals surface area contributed by atoms with E-state index in [9.17, 15) is 4.79 Å². The molecule has 1 aromatic carbocycles. The molecule has 0 heterocycles. The molecule has 19 heavy (non-hydrogen) atoms. The third-order valence-corrected chi connectivity index (χ3v) is 2.79. The first-order chi connectivity index (χ1) is 9.04. The number of ether oxygens (including phenoxy) is 2. The highest BCUT2D eigenvalue weighted by Crippen LogP contribution is 2.12. The van der Waals surface area contributed by atoms with Gasteiger partial charge in [0.15, 0.2) is 0 Å². The smallest absolute Gasteiger partial charge is 0.338 e. The summed E-state index contributed by atoms with van der Waals surface area (Å²) < 4.78 is 10.3. The summed E-state index contributed by atoms with van der Waals surface area (Å²) in [5.41, 5.74) is 1.60. The van der Waals surface area contributed by atoms with Crippen molar-refractivity contribution < 1.29 is 14.3 Å². The average Bonchev–Trinajstić information content (AvgIpc) is 2.38. The number of benzene rings is 1. The van der Waals surface area contributed by atoms with E-state index >= 15 is 0 Å². The van der Waals surface area contributed by atoms with Crippen LogP contribution in [0.15, 0.2) is 24.3 Å². The number of carbonyl (C=O) groups excluding carboxylic acids is 1. The van der Waals surface area contributed by atoms with Crippen LogP contribution in [0.25, 0.3) is 0 Å². The van der Waals surface area contributed by atoms with Crippen LogP contribution in [0.4, 0.5) is 0 Å². The van der Waals surface area contributed by atoms with Crippen LogP contribution in [0, 0.1) is 0 Å². The van der Waals surface area contributed by atoms with E-state index in [1.165, 1.54) is 7.11 Å². The van der Waals surface area contributed by atoms with Gasteiger partial charge in [0.05, 0.1) is 25.4 Å². The summed E-state index contributed by atoms with van der Waals surface area (Å²) in [4.78, 5) is 13.8. The predicted molar refractivity (Wildman–Crippen MR) is 75.2 cm³/mol. The van der Waals surface area contributed by atoms with Gasteiger partial charge in [-0.05, 0) is 32.5 Å². The molecule has 0 amide bonds. The third kappa shape index (κ3) is 5.41. The molecule has 1 aromatic rings.